The minimum absolute atomic E-state index is 0.179. The summed E-state index contributed by atoms with van der Waals surface area (Å²) in [5.74, 6) is -0.276. The molecule has 1 aliphatic rings. The first-order valence-electron chi connectivity index (χ1n) is 8.10. The number of rotatable bonds is 5. The maximum Gasteiger partial charge on any atom is 0.216 e. The number of hydrogen-bond donors (Lipinski definition) is 0. The number of aromatic nitrogens is 2. The molecule has 25 heavy (non-hydrogen) atoms. The summed E-state index contributed by atoms with van der Waals surface area (Å²) in [5.41, 5.74) is 0.928. The summed E-state index contributed by atoms with van der Waals surface area (Å²) < 4.78 is 40.6. The number of hydrogen-bond acceptors (Lipinski definition) is 5. The standard InChI is InChI=1S/C17H21FN4O2S/c1-12(2)25(23,24)21(3)14-9-22(10-14)17-15(18)16(19-11-20-17)13-7-5-4-6-8-13/h4-8,11-12,14H,9-10H2,1-3H3. The maximum atomic E-state index is 14.8. The lowest BCUT2D eigenvalue weighted by Gasteiger charge is -2.44. The third-order valence-corrected chi connectivity index (χ3v) is 6.78. The van der Waals surface area contributed by atoms with E-state index >= 15 is 0 Å². The van der Waals surface area contributed by atoms with Crippen LogP contribution in [0.25, 0.3) is 11.3 Å². The van der Waals surface area contributed by atoms with E-state index in [-0.39, 0.29) is 17.6 Å². The minimum atomic E-state index is -3.32. The first-order valence-corrected chi connectivity index (χ1v) is 9.60. The molecule has 2 aromatic rings. The summed E-state index contributed by atoms with van der Waals surface area (Å²) in [4.78, 5) is 9.83. The molecule has 0 amide bonds. The second kappa shape index (κ2) is 6.68. The van der Waals surface area contributed by atoms with Crippen LogP contribution in [0.3, 0.4) is 0 Å². The Morgan fingerprint density at radius 1 is 1.20 bits per heavy atom. The first-order chi connectivity index (χ1) is 11.8. The molecular formula is C17H21FN4O2S. The molecule has 0 atom stereocenters. The van der Waals surface area contributed by atoms with Crippen molar-refractivity contribution in [3.8, 4) is 11.3 Å². The van der Waals surface area contributed by atoms with Gasteiger partial charge in [-0.05, 0) is 13.8 Å². The molecule has 0 N–H and O–H groups in total. The molecule has 2 heterocycles. The van der Waals surface area contributed by atoms with E-state index in [0.717, 1.165) is 0 Å². The Kier molecular flexibility index (Phi) is 4.75. The number of likely N-dealkylation sites (N-methyl/N-ethyl adjacent to an activating group) is 1. The van der Waals surface area contributed by atoms with Crippen LogP contribution in [0.5, 0.6) is 0 Å². The molecule has 3 rings (SSSR count). The summed E-state index contributed by atoms with van der Waals surface area (Å²) in [7, 11) is -1.75. The lowest BCUT2D eigenvalue weighted by atomic mass is 10.1. The van der Waals surface area contributed by atoms with Gasteiger partial charge in [-0.2, -0.15) is 4.31 Å². The fourth-order valence-corrected chi connectivity index (χ4v) is 3.99. The van der Waals surface area contributed by atoms with E-state index in [9.17, 15) is 12.8 Å². The van der Waals surface area contributed by atoms with E-state index < -0.39 is 21.1 Å². The lowest BCUT2D eigenvalue weighted by Crippen LogP contribution is -2.61. The van der Waals surface area contributed by atoms with Crippen LogP contribution in [0.15, 0.2) is 36.7 Å². The zero-order valence-corrected chi connectivity index (χ0v) is 15.2. The molecule has 6 nitrogen and oxygen atoms in total. The van der Waals surface area contributed by atoms with Crippen LogP contribution in [0.4, 0.5) is 10.2 Å². The number of sulfonamides is 1. The van der Waals surface area contributed by atoms with E-state index in [0.29, 0.717) is 18.7 Å². The highest BCUT2D eigenvalue weighted by Gasteiger charge is 2.38. The van der Waals surface area contributed by atoms with Crippen LogP contribution in [-0.2, 0) is 10.0 Å². The second-order valence-electron chi connectivity index (χ2n) is 6.39. The van der Waals surface area contributed by atoms with Gasteiger partial charge in [-0.15, -0.1) is 0 Å². The molecule has 1 aliphatic heterocycles. The van der Waals surface area contributed by atoms with Crippen LogP contribution < -0.4 is 4.90 Å². The quantitative estimate of drug-likeness (QED) is 0.813. The highest BCUT2D eigenvalue weighted by atomic mass is 32.2. The van der Waals surface area contributed by atoms with Crippen molar-refractivity contribution in [2.45, 2.75) is 25.1 Å². The van der Waals surface area contributed by atoms with Gasteiger partial charge in [0, 0.05) is 25.7 Å². The van der Waals surface area contributed by atoms with Crippen LogP contribution in [0.2, 0.25) is 0 Å². The van der Waals surface area contributed by atoms with Gasteiger partial charge in [-0.3, -0.25) is 0 Å². The van der Waals surface area contributed by atoms with Gasteiger partial charge in [0.2, 0.25) is 10.0 Å². The summed E-state index contributed by atoms with van der Waals surface area (Å²) in [6.45, 7) is 4.12. The number of anilines is 1. The van der Waals surface area contributed by atoms with E-state index in [2.05, 4.69) is 9.97 Å². The average Bonchev–Trinajstić information content (AvgIpc) is 2.55. The molecule has 134 valence electrons. The van der Waals surface area contributed by atoms with Gasteiger partial charge in [0.1, 0.15) is 12.0 Å². The smallest absolute Gasteiger partial charge is 0.216 e. The van der Waals surface area contributed by atoms with Gasteiger partial charge in [0.05, 0.1) is 11.3 Å². The molecule has 1 saturated heterocycles. The Morgan fingerprint density at radius 2 is 1.84 bits per heavy atom. The second-order valence-corrected chi connectivity index (χ2v) is 8.94. The summed E-state index contributed by atoms with van der Waals surface area (Å²) >= 11 is 0. The van der Waals surface area contributed by atoms with Crippen molar-refractivity contribution in [1.82, 2.24) is 14.3 Å². The van der Waals surface area contributed by atoms with Crippen LogP contribution in [0, 0.1) is 5.82 Å². The van der Waals surface area contributed by atoms with Crippen LogP contribution in [0.1, 0.15) is 13.8 Å². The zero-order valence-electron chi connectivity index (χ0n) is 14.4. The molecule has 8 heteroatoms. The van der Waals surface area contributed by atoms with Crippen molar-refractivity contribution in [3.05, 3.63) is 42.5 Å². The predicted octanol–water partition coefficient (Wildman–Crippen LogP) is 2.14. The largest absolute Gasteiger partial charge is 0.351 e. The van der Waals surface area contributed by atoms with Gasteiger partial charge >= 0.3 is 0 Å². The Bertz CT molecular complexity index is 852. The maximum absolute atomic E-state index is 14.8. The van der Waals surface area contributed by atoms with Gasteiger partial charge in [0.15, 0.2) is 11.6 Å². The van der Waals surface area contributed by atoms with Crippen LogP contribution >= 0.6 is 0 Å². The molecule has 1 aromatic heterocycles. The lowest BCUT2D eigenvalue weighted by molar-refractivity contribution is 0.305. The Balaban J connectivity index is 1.78. The molecule has 0 radical (unpaired) electrons. The monoisotopic (exact) mass is 364 g/mol. The topological polar surface area (TPSA) is 66.4 Å². The fraction of sp³-hybridized carbons (Fsp3) is 0.412. The Labute approximate surface area is 147 Å². The third-order valence-electron chi connectivity index (χ3n) is 4.49. The van der Waals surface area contributed by atoms with E-state index in [1.54, 1.807) is 37.9 Å². The fourth-order valence-electron chi connectivity index (χ4n) is 2.78. The van der Waals surface area contributed by atoms with Gasteiger partial charge in [-0.1, -0.05) is 30.3 Å². The molecule has 1 fully saturated rings. The number of benzene rings is 1. The summed E-state index contributed by atoms with van der Waals surface area (Å²) in [5, 5.41) is -0.480. The Hall–Kier alpha value is -2.06. The van der Waals surface area contributed by atoms with Crippen molar-refractivity contribution in [2.75, 3.05) is 25.0 Å². The normalized spacial score (nSPS) is 15.7. The van der Waals surface area contributed by atoms with Gasteiger partial charge in [-0.25, -0.2) is 22.8 Å². The number of halogens is 1. The zero-order chi connectivity index (χ0) is 18.2. The average molecular weight is 364 g/mol. The van der Waals surface area contributed by atoms with E-state index in [1.807, 2.05) is 18.2 Å². The van der Waals surface area contributed by atoms with E-state index in [4.69, 9.17) is 0 Å². The van der Waals surface area contributed by atoms with Crippen molar-refractivity contribution in [3.63, 3.8) is 0 Å². The van der Waals surface area contributed by atoms with E-state index in [1.165, 1.54) is 10.6 Å². The molecular weight excluding hydrogens is 343 g/mol. The highest BCUT2D eigenvalue weighted by molar-refractivity contribution is 7.89. The van der Waals surface area contributed by atoms with Crippen LogP contribution in [-0.4, -0.2) is 54.1 Å². The minimum Gasteiger partial charge on any atom is -0.351 e. The third kappa shape index (κ3) is 3.23. The van der Waals surface area contributed by atoms with Crippen molar-refractivity contribution >= 4 is 15.8 Å². The van der Waals surface area contributed by atoms with Crippen molar-refractivity contribution in [2.24, 2.45) is 0 Å². The molecule has 0 saturated carbocycles. The molecule has 1 aromatic carbocycles. The van der Waals surface area contributed by atoms with Crippen molar-refractivity contribution < 1.29 is 12.8 Å². The highest BCUT2D eigenvalue weighted by Crippen LogP contribution is 2.30. The molecule has 0 spiro atoms. The SMILES string of the molecule is CC(C)S(=O)(=O)N(C)C1CN(c2ncnc(-c3ccccc3)c2F)C1. The summed E-state index contributed by atoms with van der Waals surface area (Å²) in [6, 6.07) is 8.90. The summed E-state index contributed by atoms with van der Waals surface area (Å²) in [6.07, 6.45) is 1.34. The Morgan fingerprint density at radius 3 is 2.44 bits per heavy atom. The molecule has 0 bridgehead atoms. The predicted molar refractivity (Wildman–Crippen MR) is 95.2 cm³/mol. The first kappa shape index (κ1) is 17.8. The molecule has 0 unspecified atom stereocenters. The molecule has 0 aliphatic carbocycles. The number of nitrogens with zero attached hydrogens (tertiary/aromatic N) is 4. The van der Waals surface area contributed by atoms with Gasteiger partial charge < -0.3 is 4.90 Å². The van der Waals surface area contributed by atoms with Crippen molar-refractivity contribution in [1.29, 1.82) is 0 Å². The van der Waals surface area contributed by atoms with Gasteiger partial charge in [0.25, 0.3) is 0 Å².